The summed E-state index contributed by atoms with van der Waals surface area (Å²) in [5, 5.41) is 2.50. The number of H-pyrrole nitrogens is 1. The Balaban J connectivity index is 2.11. The number of aromatic amines is 1. The van der Waals surface area contributed by atoms with Gasteiger partial charge in [0.05, 0.1) is 27.0 Å². The molecule has 0 aliphatic heterocycles. The summed E-state index contributed by atoms with van der Waals surface area (Å²) in [5.41, 5.74) is 7.36. The number of aromatic nitrogens is 4. The standard InChI is InChI=1S/C14H13Cl2N5S2/c1-5(13-20-12(17)10(22)14(21-13)23-2)8-3-6-7(15)4-18-9(6)11(16)19-8/h3-5,18,22H,1-2H3,(H2,17,20,21). The Morgan fingerprint density at radius 2 is 2.04 bits per heavy atom. The molecule has 1 atom stereocenters. The van der Waals surface area contributed by atoms with Crippen LogP contribution in [0.5, 0.6) is 0 Å². The minimum Gasteiger partial charge on any atom is -0.383 e. The van der Waals surface area contributed by atoms with Gasteiger partial charge in [-0.3, -0.25) is 0 Å². The molecule has 0 aliphatic carbocycles. The van der Waals surface area contributed by atoms with Crippen molar-refractivity contribution in [3.63, 3.8) is 0 Å². The van der Waals surface area contributed by atoms with Crippen molar-refractivity contribution in [1.82, 2.24) is 19.9 Å². The number of nitrogen functional groups attached to an aromatic ring is 1. The first-order chi connectivity index (χ1) is 10.9. The predicted molar refractivity (Wildman–Crippen MR) is 99.1 cm³/mol. The van der Waals surface area contributed by atoms with Gasteiger partial charge >= 0.3 is 0 Å². The maximum atomic E-state index is 6.24. The molecule has 120 valence electrons. The highest BCUT2D eigenvalue weighted by atomic mass is 35.5. The highest BCUT2D eigenvalue weighted by molar-refractivity contribution is 7.99. The van der Waals surface area contributed by atoms with E-state index in [2.05, 4.69) is 32.6 Å². The van der Waals surface area contributed by atoms with Gasteiger partial charge in [-0.1, -0.05) is 23.2 Å². The molecule has 5 nitrogen and oxygen atoms in total. The second-order valence-corrected chi connectivity index (χ2v) is 6.95. The van der Waals surface area contributed by atoms with Crippen LogP contribution in [0.4, 0.5) is 5.82 Å². The number of halogens is 2. The van der Waals surface area contributed by atoms with Gasteiger partial charge in [0.15, 0.2) is 5.15 Å². The van der Waals surface area contributed by atoms with Gasteiger partial charge < -0.3 is 10.7 Å². The number of thioether (sulfide) groups is 1. The molecule has 0 bridgehead atoms. The molecule has 23 heavy (non-hydrogen) atoms. The Labute approximate surface area is 152 Å². The van der Waals surface area contributed by atoms with E-state index in [4.69, 9.17) is 28.9 Å². The molecular weight excluding hydrogens is 373 g/mol. The van der Waals surface area contributed by atoms with E-state index in [9.17, 15) is 0 Å². The number of nitrogens with one attached hydrogen (secondary N) is 1. The molecular formula is C14H13Cl2N5S2. The third-order valence-electron chi connectivity index (χ3n) is 3.52. The van der Waals surface area contributed by atoms with Gasteiger partial charge in [-0.25, -0.2) is 15.0 Å². The van der Waals surface area contributed by atoms with Crippen LogP contribution in [0.3, 0.4) is 0 Å². The second kappa shape index (κ2) is 6.39. The molecule has 0 amide bonds. The summed E-state index contributed by atoms with van der Waals surface area (Å²) < 4.78 is 0. The lowest BCUT2D eigenvalue weighted by Crippen LogP contribution is -2.08. The van der Waals surface area contributed by atoms with Gasteiger partial charge in [0.2, 0.25) is 0 Å². The fraction of sp³-hybridized carbons (Fsp3) is 0.214. The first kappa shape index (κ1) is 16.7. The Bertz CT molecular complexity index is 896. The van der Waals surface area contributed by atoms with Gasteiger partial charge in [-0.05, 0) is 19.2 Å². The molecule has 1 unspecified atom stereocenters. The van der Waals surface area contributed by atoms with Crippen LogP contribution in [-0.2, 0) is 0 Å². The molecule has 0 saturated heterocycles. The van der Waals surface area contributed by atoms with Crippen LogP contribution < -0.4 is 5.73 Å². The third-order valence-corrected chi connectivity index (χ3v) is 5.38. The van der Waals surface area contributed by atoms with Crippen molar-refractivity contribution in [3.05, 3.63) is 34.0 Å². The van der Waals surface area contributed by atoms with Gasteiger partial charge in [0.25, 0.3) is 0 Å². The van der Waals surface area contributed by atoms with Crippen LogP contribution in [0, 0.1) is 0 Å². The monoisotopic (exact) mass is 385 g/mol. The number of pyridine rings is 1. The maximum Gasteiger partial charge on any atom is 0.153 e. The average Bonchev–Trinajstić information content (AvgIpc) is 2.91. The third kappa shape index (κ3) is 2.98. The first-order valence-corrected chi connectivity index (χ1v) is 9.08. The molecule has 3 N–H and O–H groups in total. The van der Waals surface area contributed by atoms with Crippen molar-refractivity contribution in [1.29, 1.82) is 0 Å². The van der Waals surface area contributed by atoms with Crippen molar-refractivity contribution >= 4 is 64.3 Å². The molecule has 0 radical (unpaired) electrons. The van der Waals surface area contributed by atoms with E-state index in [0.717, 1.165) is 16.1 Å². The van der Waals surface area contributed by atoms with Crippen LogP contribution in [0.25, 0.3) is 10.9 Å². The number of thiol groups is 1. The van der Waals surface area contributed by atoms with Gasteiger partial charge in [0, 0.05) is 11.6 Å². The number of fused-ring (bicyclic) bond motifs is 1. The quantitative estimate of drug-likeness (QED) is 0.269. The van der Waals surface area contributed by atoms with Crippen LogP contribution in [0.15, 0.2) is 22.2 Å². The van der Waals surface area contributed by atoms with Crippen molar-refractivity contribution in [3.8, 4) is 0 Å². The molecule has 3 rings (SSSR count). The number of nitrogens with zero attached hydrogens (tertiary/aromatic N) is 3. The predicted octanol–water partition coefficient (Wildman–Crippen LogP) is 4.40. The van der Waals surface area contributed by atoms with Gasteiger partial charge in [-0.2, -0.15) is 0 Å². The topological polar surface area (TPSA) is 80.5 Å². The molecule has 0 aromatic carbocycles. The lowest BCUT2D eigenvalue weighted by molar-refractivity contribution is 0.756. The Hall–Kier alpha value is -1.15. The molecule has 3 heterocycles. The van der Waals surface area contributed by atoms with Crippen molar-refractivity contribution in [2.45, 2.75) is 22.8 Å². The van der Waals surface area contributed by atoms with E-state index < -0.39 is 0 Å². The molecule has 0 fully saturated rings. The maximum absolute atomic E-state index is 6.24. The number of anilines is 1. The van der Waals surface area contributed by atoms with Crippen molar-refractivity contribution in [2.24, 2.45) is 0 Å². The summed E-state index contributed by atoms with van der Waals surface area (Å²) >= 11 is 18.2. The van der Waals surface area contributed by atoms with Gasteiger partial charge in [0.1, 0.15) is 16.7 Å². The second-order valence-electron chi connectivity index (χ2n) is 4.94. The molecule has 3 aromatic heterocycles. The van der Waals surface area contributed by atoms with Crippen LogP contribution in [0.1, 0.15) is 24.4 Å². The highest BCUT2D eigenvalue weighted by Crippen LogP contribution is 2.33. The minimum atomic E-state index is -0.190. The van der Waals surface area contributed by atoms with Crippen molar-refractivity contribution < 1.29 is 0 Å². The summed E-state index contributed by atoms with van der Waals surface area (Å²) in [6, 6.07) is 1.89. The summed E-state index contributed by atoms with van der Waals surface area (Å²) in [4.78, 5) is 16.9. The fourth-order valence-electron chi connectivity index (χ4n) is 2.23. The fourth-order valence-corrected chi connectivity index (χ4v) is 3.54. The Morgan fingerprint density at radius 3 is 2.74 bits per heavy atom. The van der Waals surface area contributed by atoms with E-state index in [1.165, 1.54) is 11.8 Å². The SMILES string of the molecule is CSc1nc(C(C)c2cc3c(Cl)c[nH]c3c(Cl)n2)nc(N)c1S. The highest BCUT2D eigenvalue weighted by Gasteiger charge is 2.19. The number of hydrogen-bond acceptors (Lipinski definition) is 6. The number of rotatable bonds is 3. The zero-order valence-corrected chi connectivity index (χ0v) is 15.5. The minimum absolute atomic E-state index is 0.190. The van der Waals surface area contributed by atoms with E-state index >= 15 is 0 Å². The van der Waals surface area contributed by atoms with E-state index in [1.54, 1.807) is 6.20 Å². The molecule has 0 aliphatic rings. The molecule has 0 saturated carbocycles. The zero-order chi connectivity index (χ0) is 16.7. The smallest absolute Gasteiger partial charge is 0.153 e. The molecule has 3 aromatic rings. The van der Waals surface area contributed by atoms with Crippen molar-refractivity contribution in [2.75, 3.05) is 12.0 Å². The average molecular weight is 386 g/mol. The Kier molecular flexibility index (Phi) is 4.64. The van der Waals surface area contributed by atoms with E-state index in [-0.39, 0.29) is 5.92 Å². The number of nitrogens with two attached hydrogens (primary N) is 1. The van der Waals surface area contributed by atoms with E-state index in [0.29, 0.717) is 32.2 Å². The molecule has 0 spiro atoms. The zero-order valence-electron chi connectivity index (χ0n) is 12.3. The van der Waals surface area contributed by atoms with Crippen LogP contribution >= 0.6 is 47.6 Å². The summed E-state index contributed by atoms with van der Waals surface area (Å²) in [5.74, 6) is 0.727. The summed E-state index contributed by atoms with van der Waals surface area (Å²) in [6.45, 7) is 1.95. The Morgan fingerprint density at radius 1 is 1.30 bits per heavy atom. The van der Waals surface area contributed by atoms with Gasteiger partial charge in [-0.15, -0.1) is 24.4 Å². The number of hydrogen-bond donors (Lipinski definition) is 3. The first-order valence-electron chi connectivity index (χ1n) is 6.65. The van der Waals surface area contributed by atoms with Crippen LogP contribution in [-0.4, -0.2) is 26.2 Å². The lowest BCUT2D eigenvalue weighted by atomic mass is 10.1. The lowest BCUT2D eigenvalue weighted by Gasteiger charge is -2.13. The largest absolute Gasteiger partial charge is 0.383 e. The normalized spacial score (nSPS) is 12.7. The molecule has 9 heteroatoms. The summed E-state index contributed by atoms with van der Waals surface area (Å²) in [7, 11) is 0. The van der Waals surface area contributed by atoms with Crippen LogP contribution in [0.2, 0.25) is 10.2 Å². The van der Waals surface area contributed by atoms with E-state index in [1.807, 2.05) is 19.2 Å². The summed E-state index contributed by atoms with van der Waals surface area (Å²) in [6.07, 6.45) is 3.60.